The van der Waals surface area contributed by atoms with Gasteiger partial charge >= 0.3 is 0 Å². The number of nitrogens with one attached hydrogen (secondary N) is 1. The Morgan fingerprint density at radius 2 is 1.66 bits per heavy atom. The van der Waals surface area contributed by atoms with Gasteiger partial charge in [-0.1, -0.05) is 60.7 Å². The number of para-hydroxylation sites is 1. The summed E-state index contributed by atoms with van der Waals surface area (Å²) in [6.07, 6.45) is -0.926. The summed E-state index contributed by atoms with van der Waals surface area (Å²) < 4.78 is 14.7. The predicted octanol–water partition coefficient (Wildman–Crippen LogP) is 2.65. The Bertz CT molecular complexity index is 1180. The molecule has 32 heavy (non-hydrogen) atoms. The average Bonchev–Trinajstić information content (AvgIpc) is 2.91. The predicted molar refractivity (Wildman–Crippen MR) is 122 cm³/mol. The van der Waals surface area contributed by atoms with Crippen molar-refractivity contribution >= 4 is 23.2 Å². The van der Waals surface area contributed by atoms with E-state index in [1.165, 1.54) is 11.0 Å². The van der Waals surface area contributed by atoms with Crippen LogP contribution in [0.1, 0.15) is 16.7 Å². The standard InChI is InChI=1S/C25H23FN4O2/c1-30-21-14-8-6-12-18(21)22(17-11-5-7-13-19(17)26)28-23(25(30)32)29-24(31)20(27)15-16-9-3-2-4-10-16/h2-14,20,23H,15,27H2,1H3,(H,29,31)/t20-,23?/m1/s1. The zero-order chi connectivity index (χ0) is 22.7. The molecule has 0 aliphatic carbocycles. The Balaban J connectivity index is 1.69. The number of halogens is 1. The lowest BCUT2D eigenvalue weighted by Crippen LogP contribution is -2.51. The molecule has 7 heteroatoms. The van der Waals surface area contributed by atoms with Gasteiger partial charge in [-0.15, -0.1) is 0 Å². The number of carbonyl (C=O) groups excluding carboxylic acids is 2. The van der Waals surface area contributed by atoms with Crippen LogP contribution in [0, 0.1) is 5.82 Å². The molecule has 3 N–H and O–H groups in total. The fourth-order valence-electron chi connectivity index (χ4n) is 3.69. The van der Waals surface area contributed by atoms with Crippen LogP contribution in [0.4, 0.5) is 10.1 Å². The topological polar surface area (TPSA) is 87.8 Å². The minimum absolute atomic E-state index is 0.246. The second-order valence-corrected chi connectivity index (χ2v) is 7.58. The largest absolute Gasteiger partial charge is 0.325 e. The molecular weight excluding hydrogens is 407 g/mol. The van der Waals surface area contributed by atoms with Gasteiger partial charge in [0.25, 0.3) is 5.91 Å². The third kappa shape index (κ3) is 4.29. The number of hydrogen-bond acceptors (Lipinski definition) is 4. The van der Waals surface area contributed by atoms with Crippen LogP contribution >= 0.6 is 0 Å². The molecule has 3 aromatic rings. The number of nitrogens with two attached hydrogens (primary N) is 1. The van der Waals surface area contributed by atoms with Crippen molar-refractivity contribution in [3.05, 3.63) is 101 Å². The number of nitrogens with zero attached hydrogens (tertiary/aromatic N) is 2. The molecule has 6 nitrogen and oxygen atoms in total. The molecule has 0 aromatic heterocycles. The van der Waals surface area contributed by atoms with Gasteiger partial charge in [-0.25, -0.2) is 9.38 Å². The summed E-state index contributed by atoms with van der Waals surface area (Å²) in [5.41, 5.74) is 8.71. The van der Waals surface area contributed by atoms with Crippen molar-refractivity contribution in [2.24, 2.45) is 10.7 Å². The summed E-state index contributed by atoms with van der Waals surface area (Å²) in [7, 11) is 1.60. The van der Waals surface area contributed by atoms with Crippen molar-refractivity contribution in [1.82, 2.24) is 5.32 Å². The maximum absolute atomic E-state index is 14.7. The van der Waals surface area contributed by atoms with E-state index < -0.39 is 29.8 Å². The van der Waals surface area contributed by atoms with Crippen LogP contribution in [-0.2, 0) is 16.0 Å². The summed E-state index contributed by atoms with van der Waals surface area (Å²) in [4.78, 5) is 31.9. The first kappa shape index (κ1) is 21.4. The number of anilines is 1. The van der Waals surface area contributed by atoms with E-state index in [0.29, 0.717) is 23.4 Å². The van der Waals surface area contributed by atoms with Gasteiger partial charge in [0.1, 0.15) is 5.82 Å². The van der Waals surface area contributed by atoms with Crippen LogP contribution in [0.3, 0.4) is 0 Å². The van der Waals surface area contributed by atoms with Crippen LogP contribution in [0.5, 0.6) is 0 Å². The van der Waals surface area contributed by atoms with Crippen molar-refractivity contribution in [3.8, 4) is 0 Å². The van der Waals surface area contributed by atoms with Crippen LogP contribution < -0.4 is 16.0 Å². The summed E-state index contributed by atoms with van der Waals surface area (Å²) in [5, 5.41) is 2.65. The number of benzodiazepines with no additional fused rings is 1. The molecule has 2 amide bonds. The third-order valence-electron chi connectivity index (χ3n) is 5.39. The van der Waals surface area contributed by atoms with E-state index >= 15 is 0 Å². The van der Waals surface area contributed by atoms with Crippen molar-refractivity contribution in [3.63, 3.8) is 0 Å². The van der Waals surface area contributed by atoms with Crippen molar-refractivity contribution in [2.45, 2.75) is 18.6 Å². The number of aliphatic imine (C=N–C) groups is 1. The average molecular weight is 430 g/mol. The SMILES string of the molecule is CN1C(=O)C(NC(=O)[C@H](N)Cc2ccccc2)N=C(c2ccccc2F)c2ccccc21. The summed E-state index contributed by atoms with van der Waals surface area (Å²) >= 11 is 0. The zero-order valence-electron chi connectivity index (χ0n) is 17.5. The maximum atomic E-state index is 14.7. The van der Waals surface area contributed by atoms with E-state index in [4.69, 9.17) is 5.73 Å². The molecule has 0 spiro atoms. The van der Waals surface area contributed by atoms with Gasteiger partial charge in [-0.05, 0) is 30.2 Å². The molecule has 0 fully saturated rings. The molecule has 2 atom stereocenters. The quantitative estimate of drug-likeness (QED) is 0.652. The lowest BCUT2D eigenvalue weighted by Gasteiger charge is -2.22. The number of amides is 2. The number of carbonyl (C=O) groups is 2. The monoisotopic (exact) mass is 430 g/mol. The first-order chi connectivity index (χ1) is 15.5. The van der Waals surface area contributed by atoms with Crippen LogP contribution in [-0.4, -0.2) is 36.8 Å². The van der Waals surface area contributed by atoms with E-state index in [1.807, 2.05) is 30.3 Å². The molecule has 1 aliphatic heterocycles. The first-order valence-corrected chi connectivity index (χ1v) is 10.3. The Kier molecular flexibility index (Phi) is 6.09. The second kappa shape index (κ2) is 9.11. The number of rotatable bonds is 5. The lowest BCUT2D eigenvalue weighted by atomic mass is 10.00. The van der Waals surface area contributed by atoms with Crippen LogP contribution in [0.2, 0.25) is 0 Å². The summed E-state index contributed by atoms with van der Waals surface area (Å²) in [6.45, 7) is 0. The molecular formula is C25H23FN4O2. The van der Waals surface area contributed by atoms with Gasteiger partial charge in [0.2, 0.25) is 12.1 Å². The van der Waals surface area contributed by atoms with Crippen molar-refractivity contribution < 1.29 is 14.0 Å². The number of fused-ring (bicyclic) bond motifs is 1. The molecule has 4 rings (SSSR count). The molecule has 162 valence electrons. The molecule has 0 bridgehead atoms. The lowest BCUT2D eigenvalue weighted by molar-refractivity contribution is -0.128. The first-order valence-electron chi connectivity index (χ1n) is 10.3. The summed E-state index contributed by atoms with van der Waals surface area (Å²) in [6, 6.07) is 21.8. The number of likely N-dealkylation sites (N-methyl/N-ethyl adjacent to an activating group) is 1. The molecule has 3 aromatic carbocycles. The van der Waals surface area contributed by atoms with E-state index in [9.17, 15) is 14.0 Å². The van der Waals surface area contributed by atoms with Gasteiger partial charge in [-0.3, -0.25) is 9.59 Å². The Morgan fingerprint density at radius 3 is 2.38 bits per heavy atom. The molecule has 0 saturated heterocycles. The van der Waals surface area contributed by atoms with E-state index in [0.717, 1.165) is 5.56 Å². The second-order valence-electron chi connectivity index (χ2n) is 7.58. The van der Waals surface area contributed by atoms with Gasteiger partial charge in [0.05, 0.1) is 17.4 Å². The molecule has 1 aliphatic rings. The van der Waals surface area contributed by atoms with Gasteiger partial charge in [-0.2, -0.15) is 0 Å². The third-order valence-corrected chi connectivity index (χ3v) is 5.39. The summed E-state index contributed by atoms with van der Waals surface area (Å²) in [5.74, 6) is -1.42. The molecule has 1 unspecified atom stereocenters. The highest BCUT2D eigenvalue weighted by molar-refractivity contribution is 6.20. The Morgan fingerprint density at radius 1 is 1.03 bits per heavy atom. The van der Waals surface area contributed by atoms with Crippen molar-refractivity contribution in [1.29, 1.82) is 0 Å². The smallest absolute Gasteiger partial charge is 0.272 e. The Hall–Kier alpha value is -3.84. The van der Waals surface area contributed by atoms with Gasteiger partial charge < -0.3 is 16.0 Å². The zero-order valence-corrected chi connectivity index (χ0v) is 17.5. The van der Waals surface area contributed by atoms with Crippen molar-refractivity contribution in [2.75, 3.05) is 11.9 Å². The van der Waals surface area contributed by atoms with Gasteiger partial charge in [0, 0.05) is 18.2 Å². The van der Waals surface area contributed by atoms with E-state index in [2.05, 4.69) is 10.3 Å². The van der Waals surface area contributed by atoms with E-state index in [-0.39, 0.29) is 5.56 Å². The normalized spacial score (nSPS) is 16.6. The van der Waals surface area contributed by atoms with Crippen LogP contribution in [0.25, 0.3) is 0 Å². The molecule has 0 radical (unpaired) electrons. The van der Waals surface area contributed by atoms with Crippen LogP contribution in [0.15, 0.2) is 83.9 Å². The van der Waals surface area contributed by atoms with Gasteiger partial charge in [0.15, 0.2) is 0 Å². The highest BCUT2D eigenvalue weighted by Gasteiger charge is 2.32. The Labute approximate surface area is 185 Å². The molecule has 1 heterocycles. The fraction of sp³-hybridized carbons (Fsp3) is 0.160. The fourth-order valence-corrected chi connectivity index (χ4v) is 3.69. The maximum Gasteiger partial charge on any atom is 0.272 e. The van der Waals surface area contributed by atoms with E-state index in [1.54, 1.807) is 49.5 Å². The minimum atomic E-state index is -1.24. The highest BCUT2D eigenvalue weighted by Crippen LogP contribution is 2.28. The number of hydrogen-bond donors (Lipinski definition) is 2. The minimum Gasteiger partial charge on any atom is -0.325 e. The highest BCUT2D eigenvalue weighted by atomic mass is 19.1. The molecule has 0 saturated carbocycles. The number of benzene rings is 3.